The number of nitrogens with zero attached hydrogens (tertiary/aromatic N) is 2. The molecule has 94 valence electrons. The Bertz CT molecular complexity index is 667. The zero-order valence-corrected chi connectivity index (χ0v) is 13.1. The molecule has 3 rings (SSSR count). The van der Waals surface area contributed by atoms with E-state index in [-0.39, 0.29) is 14.7 Å². The van der Waals surface area contributed by atoms with E-state index in [4.69, 9.17) is 11.6 Å². The number of halogens is 1. The second-order valence-electron chi connectivity index (χ2n) is 3.83. The van der Waals surface area contributed by atoms with E-state index < -0.39 is 0 Å². The first-order valence-corrected chi connectivity index (χ1v) is 8.46. The van der Waals surface area contributed by atoms with E-state index in [0.29, 0.717) is 0 Å². The Labute approximate surface area is 126 Å². The van der Waals surface area contributed by atoms with Gasteiger partial charge in [0.2, 0.25) is 0 Å². The summed E-state index contributed by atoms with van der Waals surface area (Å²) >= 11 is 7.70. The van der Waals surface area contributed by atoms with Gasteiger partial charge in [-0.25, -0.2) is 0 Å². The van der Waals surface area contributed by atoms with Gasteiger partial charge in [-0.1, -0.05) is 0 Å². The summed E-state index contributed by atoms with van der Waals surface area (Å²) in [5, 5.41) is 5.04. The van der Waals surface area contributed by atoms with E-state index in [1.165, 1.54) is 8.66 Å². The number of hydrogen-bond donors (Lipinski definition) is 0. The van der Waals surface area contributed by atoms with Crippen LogP contribution in [0, 0.1) is 0 Å². The molecule has 0 radical (unpaired) electrons. The SMILES string of the molecule is Clc1ccc(Sc2[se]nnc2-c2ccccc2)cc1. The Hall–Kier alpha value is -1.06. The van der Waals surface area contributed by atoms with Gasteiger partial charge in [0.05, 0.1) is 0 Å². The Morgan fingerprint density at radius 2 is 1.68 bits per heavy atom. The number of rotatable bonds is 3. The third-order valence-corrected chi connectivity index (χ3v) is 5.68. The number of benzene rings is 2. The molecule has 2 aromatic carbocycles. The Morgan fingerprint density at radius 3 is 2.42 bits per heavy atom. The van der Waals surface area contributed by atoms with E-state index in [0.717, 1.165) is 16.3 Å². The van der Waals surface area contributed by atoms with Crippen LogP contribution in [-0.2, 0) is 0 Å². The van der Waals surface area contributed by atoms with E-state index >= 15 is 0 Å². The molecule has 0 bridgehead atoms. The predicted molar refractivity (Wildman–Crippen MR) is 80.0 cm³/mol. The molecule has 1 heterocycles. The molecular weight excluding hydrogens is 343 g/mol. The van der Waals surface area contributed by atoms with Crippen LogP contribution < -0.4 is 0 Å². The first kappa shape index (κ1) is 12.9. The summed E-state index contributed by atoms with van der Waals surface area (Å²) in [6.45, 7) is 0. The summed E-state index contributed by atoms with van der Waals surface area (Å²) in [4.78, 5) is 1.17. The van der Waals surface area contributed by atoms with Gasteiger partial charge in [-0.05, 0) is 0 Å². The summed E-state index contributed by atoms with van der Waals surface area (Å²) in [7, 11) is 0. The standard InChI is InChI=1S/C14H9ClN2SSe/c15-11-6-8-12(9-7-11)18-14-13(16-17-19-14)10-4-2-1-3-5-10/h1-9H. The molecule has 0 atom stereocenters. The second-order valence-corrected chi connectivity index (χ2v) is 7.52. The fraction of sp³-hybridized carbons (Fsp3) is 0. The summed E-state index contributed by atoms with van der Waals surface area (Å²) in [6, 6.07) is 18.0. The van der Waals surface area contributed by atoms with E-state index in [9.17, 15) is 0 Å². The first-order valence-electron chi connectivity index (χ1n) is 5.64. The van der Waals surface area contributed by atoms with Crippen molar-refractivity contribution in [2.75, 3.05) is 0 Å². The van der Waals surface area contributed by atoms with Gasteiger partial charge < -0.3 is 0 Å². The van der Waals surface area contributed by atoms with Gasteiger partial charge in [0.15, 0.2) is 0 Å². The van der Waals surface area contributed by atoms with Crippen molar-refractivity contribution in [3.8, 4) is 11.3 Å². The molecular formula is C14H9ClN2SSe. The van der Waals surface area contributed by atoms with Crippen LogP contribution in [0.1, 0.15) is 0 Å². The normalized spacial score (nSPS) is 10.6. The van der Waals surface area contributed by atoms with Crippen molar-refractivity contribution in [3.63, 3.8) is 0 Å². The van der Waals surface area contributed by atoms with Crippen LogP contribution in [0.5, 0.6) is 0 Å². The molecule has 0 saturated carbocycles. The van der Waals surface area contributed by atoms with Crippen LogP contribution in [0.15, 0.2) is 63.3 Å². The van der Waals surface area contributed by atoms with Gasteiger partial charge in [-0.15, -0.1) is 0 Å². The van der Waals surface area contributed by atoms with Gasteiger partial charge in [0.1, 0.15) is 0 Å². The van der Waals surface area contributed by atoms with Gasteiger partial charge in [-0.2, -0.15) is 0 Å². The van der Waals surface area contributed by atoms with Crippen molar-refractivity contribution in [3.05, 3.63) is 59.6 Å². The third-order valence-electron chi connectivity index (χ3n) is 2.53. The zero-order valence-electron chi connectivity index (χ0n) is 9.79. The summed E-state index contributed by atoms with van der Waals surface area (Å²) < 4.78 is 5.44. The molecule has 3 aromatic rings. The molecule has 19 heavy (non-hydrogen) atoms. The maximum absolute atomic E-state index is 5.90. The number of aromatic nitrogens is 2. The van der Waals surface area contributed by atoms with Crippen molar-refractivity contribution in [1.82, 2.24) is 9.19 Å². The van der Waals surface area contributed by atoms with Crippen LogP contribution >= 0.6 is 23.4 Å². The van der Waals surface area contributed by atoms with Crippen LogP contribution in [0.2, 0.25) is 5.02 Å². The monoisotopic (exact) mass is 352 g/mol. The second kappa shape index (κ2) is 5.93. The minimum absolute atomic E-state index is 0.0788. The van der Waals surface area contributed by atoms with Crippen molar-refractivity contribution in [2.45, 2.75) is 8.66 Å². The van der Waals surface area contributed by atoms with E-state index in [1.807, 2.05) is 42.5 Å². The van der Waals surface area contributed by atoms with Gasteiger partial charge in [0.25, 0.3) is 0 Å². The van der Waals surface area contributed by atoms with Crippen LogP contribution in [0.25, 0.3) is 11.3 Å². The maximum atomic E-state index is 5.90. The summed E-state index contributed by atoms with van der Waals surface area (Å²) in [5.41, 5.74) is 2.13. The van der Waals surface area contributed by atoms with E-state index in [2.05, 4.69) is 21.3 Å². The fourth-order valence-electron chi connectivity index (χ4n) is 1.63. The molecule has 0 aliphatic carbocycles. The fourth-order valence-corrected chi connectivity index (χ4v) is 4.48. The quantitative estimate of drug-likeness (QED) is 0.667. The molecule has 0 amide bonds. The molecule has 0 aliphatic rings. The zero-order chi connectivity index (χ0) is 13.1. The average Bonchev–Trinajstić information content (AvgIpc) is 2.90. The van der Waals surface area contributed by atoms with Crippen LogP contribution in [0.3, 0.4) is 0 Å². The molecule has 0 saturated heterocycles. The number of hydrogen-bond acceptors (Lipinski definition) is 3. The minimum atomic E-state index is 0.0788. The topological polar surface area (TPSA) is 25.8 Å². The van der Waals surface area contributed by atoms with E-state index in [1.54, 1.807) is 11.8 Å². The summed E-state index contributed by atoms with van der Waals surface area (Å²) in [5.74, 6) is 0. The van der Waals surface area contributed by atoms with Crippen molar-refractivity contribution >= 4 is 38.1 Å². The van der Waals surface area contributed by atoms with Crippen molar-refractivity contribution < 1.29 is 0 Å². The van der Waals surface area contributed by atoms with Gasteiger partial charge >= 0.3 is 127 Å². The Balaban J connectivity index is 1.91. The van der Waals surface area contributed by atoms with Gasteiger partial charge in [0, 0.05) is 0 Å². The molecule has 5 heteroatoms. The van der Waals surface area contributed by atoms with Gasteiger partial charge in [-0.3, -0.25) is 0 Å². The van der Waals surface area contributed by atoms with Crippen LogP contribution in [-0.4, -0.2) is 23.9 Å². The molecule has 0 N–H and O–H groups in total. The molecule has 1 aromatic heterocycles. The Morgan fingerprint density at radius 1 is 0.947 bits per heavy atom. The molecule has 2 nitrogen and oxygen atoms in total. The predicted octanol–water partition coefficient (Wildman–Crippen LogP) is 4.01. The van der Waals surface area contributed by atoms with Crippen LogP contribution in [0.4, 0.5) is 0 Å². The molecule has 0 aliphatic heterocycles. The molecule has 0 fully saturated rings. The van der Waals surface area contributed by atoms with Crippen molar-refractivity contribution in [2.24, 2.45) is 0 Å². The molecule has 0 unspecified atom stereocenters. The Kier molecular flexibility index (Phi) is 4.04. The first-order chi connectivity index (χ1) is 9.33. The average molecular weight is 352 g/mol. The third kappa shape index (κ3) is 3.10. The summed E-state index contributed by atoms with van der Waals surface area (Å²) in [6.07, 6.45) is 0. The van der Waals surface area contributed by atoms with Crippen molar-refractivity contribution in [1.29, 1.82) is 0 Å². The molecule has 0 spiro atoms.